The third-order valence-corrected chi connectivity index (χ3v) is 4.59. The van der Waals surface area contributed by atoms with Crippen molar-refractivity contribution in [3.05, 3.63) is 45.1 Å². The summed E-state index contributed by atoms with van der Waals surface area (Å²) in [6.45, 7) is 0. The van der Waals surface area contributed by atoms with Gasteiger partial charge in [-0.05, 0) is 18.9 Å². The third-order valence-electron chi connectivity index (χ3n) is 4.26. The van der Waals surface area contributed by atoms with Crippen molar-refractivity contribution in [2.24, 2.45) is 0 Å². The highest BCUT2D eigenvalue weighted by Crippen LogP contribution is 2.27. The SMILES string of the molecule is CN(/C=C(/C#N)C(=O)Nc1cc([N+](=O)[O-])ccc1Cl)C1CCCCC1. The number of hydrogen-bond acceptors (Lipinski definition) is 5. The van der Waals surface area contributed by atoms with Crippen LogP contribution in [0.3, 0.4) is 0 Å². The minimum atomic E-state index is -0.646. The Balaban J connectivity index is 2.14. The van der Waals surface area contributed by atoms with E-state index in [2.05, 4.69) is 5.32 Å². The fraction of sp³-hybridized carbons (Fsp3) is 0.412. The van der Waals surface area contributed by atoms with Crippen molar-refractivity contribution in [2.75, 3.05) is 12.4 Å². The summed E-state index contributed by atoms with van der Waals surface area (Å²) in [5, 5.41) is 22.8. The van der Waals surface area contributed by atoms with Gasteiger partial charge in [0.15, 0.2) is 0 Å². The first-order valence-electron chi connectivity index (χ1n) is 8.01. The topological polar surface area (TPSA) is 99.3 Å². The van der Waals surface area contributed by atoms with Crippen LogP contribution in [0, 0.1) is 21.4 Å². The first kappa shape index (κ1) is 18.7. The Morgan fingerprint density at radius 2 is 2.12 bits per heavy atom. The molecule has 0 radical (unpaired) electrons. The minimum absolute atomic E-state index is 0.0735. The van der Waals surface area contributed by atoms with Gasteiger partial charge in [0.25, 0.3) is 11.6 Å². The molecule has 0 unspecified atom stereocenters. The van der Waals surface area contributed by atoms with Gasteiger partial charge in [-0.2, -0.15) is 5.26 Å². The quantitative estimate of drug-likeness (QED) is 0.371. The number of anilines is 1. The first-order chi connectivity index (χ1) is 11.9. The fourth-order valence-electron chi connectivity index (χ4n) is 2.85. The van der Waals surface area contributed by atoms with E-state index in [0.29, 0.717) is 6.04 Å². The normalized spacial score (nSPS) is 15.3. The summed E-state index contributed by atoms with van der Waals surface area (Å²) < 4.78 is 0. The van der Waals surface area contributed by atoms with Gasteiger partial charge in [-0.1, -0.05) is 30.9 Å². The van der Waals surface area contributed by atoms with Crippen LogP contribution in [0.1, 0.15) is 32.1 Å². The number of nitro groups is 1. The van der Waals surface area contributed by atoms with Crippen LogP contribution < -0.4 is 5.32 Å². The molecule has 0 atom stereocenters. The number of amides is 1. The van der Waals surface area contributed by atoms with Crippen LogP contribution in [0.25, 0.3) is 0 Å². The Bertz CT molecular complexity index is 736. The molecule has 0 spiro atoms. The van der Waals surface area contributed by atoms with E-state index in [1.165, 1.54) is 30.8 Å². The van der Waals surface area contributed by atoms with Gasteiger partial charge in [0.1, 0.15) is 11.6 Å². The van der Waals surface area contributed by atoms with E-state index < -0.39 is 10.8 Å². The first-order valence-corrected chi connectivity index (χ1v) is 8.39. The zero-order valence-electron chi connectivity index (χ0n) is 13.9. The number of halogens is 1. The molecule has 1 aliphatic carbocycles. The molecule has 2 rings (SSSR count). The molecule has 25 heavy (non-hydrogen) atoms. The Labute approximate surface area is 151 Å². The summed E-state index contributed by atoms with van der Waals surface area (Å²) in [4.78, 5) is 24.5. The highest BCUT2D eigenvalue weighted by atomic mass is 35.5. The largest absolute Gasteiger partial charge is 0.376 e. The molecule has 0 saturated heterocycles. The Morgan fingerprint density at radius 1 is 1.44 bits per heavy atom. The molecule has 1 amide bonds. The molecule has 0 bridgehead atoms. The van der Waals surface area contributed by atoms with Gasteiger partial charge in [-0.3, -0.25) is 14.9 Å². The van der Waals surface area contributed by atoms with Crippen molar-refractivity contribution in [3.63, 3.8) is 0 Å². The molecule has 8 heteroatoms. The number of nitrogens with zero attached hydrogens (tertiary/aromatic N) is 3. The molecule has 1 aliphatic rings. The highest BCUT2D eigenvalue weighted by Gasteiger charge is 2.19. The highest BCUT2D eigenvalue weighted by molar-refractivity contribution is 6.34. The third kappa shape index (κ3) is 4.94. The lowest BCUT2D eigenvalue weighted by Crippen LogP contribution is -2.30. The van der Waals surface area contributed by atoms with Crippen LogP contribution in [0.4, 0.5) is 11.4 Å². The van der Waals surface area contributed by atoms with E-state index in [9.17, 15) is 20.2 Å². The van der Waals surface area contributed by atoms with Crippen molar-refractivity contribution >= 4 is 28.9 Å². The number of nitriles is 1. The predicted octanol–water partition coefficient (Wildman–Crippen LogP) is 3.86. The van der Waals surface area contributed by atoms with E-state index >= 15 is 0 Å². The molecule has 1 aromatic rings. The number of carbonyl (C=O) groups excluding carboxylic acids is 1. The van der Waals surface area contributed by atoms with E-state index in [4.69, 9.17) is 11.6 Å². The van der Waals surface area contributed by atoms with Crippen molar-refractivity contribution < 1.29 is 9.72 Å². The molecular formula is C17H19ClN4O3. The number of nitro benzene ring substituents is 1. The van der Waals surface area contributed by atoms with Gasteiger partial charge in [-0.25, -0.2) is 0 Å². The predicted molar refractivity (Wildman–Crippen MR) is 95.1 cm³/mol. The number of carbonyl (C=O) groups is 1. The van der Waals surface area contributed by atoms with Gasteiger partial charge >= 0.3 is 0 Å². The van der Waals surface area contributed by atoms with Crippen LogP contribution in [0.15, 0.2) is 30.0 Å². The number of rotatable bonds is 5. The molecule has 0 aromatic heterocycles. The molecule has 1 fully saturated rings. The van der Waals surface area contributed by atoms with Crippen LogP contribution >= 0.6 is 11.6 Å². The second-order valence-electron chi connectivity index (χ2n) is 5.99. The van der Waals surface area contributed by atoms with Gasteiger partial charge in [0.05, 0.1) is 15.6 Å². The van der Waals surface area contributed by atoms with Crippen molar-refractivity contribution in [1.29, 1.82) is 5.26 Å². The Hall–Kier alpha value is -2.59. The number of non-ortho nitro benzene ring substituents is 1. The zero-order chi connectivity index (χ0) is 18.4. The van der Waals surface area contributed by atoms with Crippen LogP contribution in [0.5, 0.6) is 0 Å². The summed E-state index contributed by atoms with van der Waals surface area (Å²) in [7, 11) is 1.85. The van der Waals surface area contributed by atoms with Gasteiger partial charge in [0, 0.05) is 31.4 Å². The lowest BCUT2D eigenvalue weighted by atomic mass is 9.94. The zero-order valence-corrected chi connectivity index (χ0v) is 14.6. The summed E-state index contributed by atoms with van der Waals surface area (Å²) in [6, 6.07) is 5.94. The number of hydrogen-bond donors (Lipinski definition) is 1. The van der Waals surface area contributed by atoms with E-state index in [-0.39, 0.29) is 22.0 Å². The van der Waals surface area contributed by atoms with Crippen molar-refractivity contribution in [1.82, 2.24) is 4.90 Å². The molecule has 0 heterocycles. The molecule has 1 aromatic carbocycles. The molecule has 132 valence electrons. The van der Waals surface area contributed by atoms with E-state index in [0.717, 1.165) is 25.7 Å². The second kappa shape index (κ2) is 8.49. The average Bonchev–Trinajstić information content (AvgIpc) is 2.61. The molecular weight excluding hydrogens is 344 g/mol. The Kier molecular flexibility index (Phi) is 6.37. The summed E-state index contributed by atoms with van der Waals surface area (Å²) in [5.41, 5.74) is -0.167. The maximum atomic E-state index is 12.3. The average molecular weight is 363 g/mol. The van der Waals surface area contributed by atoms with E-state index in [1.54, 1.807) is 0 Å². The van der Waals surface area contributed by atoms with Gasteiger partial charge < -0.3 is 10.2 Å². The maximum absolute atomic E-state index is 12.3. The summed E-state index contributed by atoms with van der Waals surface area (Å²) in [6.07, 6.45) is 7.08. The molecule has 0 aliphatic heterocycles. The van der Waals surface area contributed by atoms with Crippen LogP contribution in [-0.2, 0) is 4.79 Å². The van der Waals surface area contributed by atoms with Crippen LogP contribution in [-0.4, -0.2) is 28.8 Å². The lowest BCUT2D eigenvalue weighted by molar-refractivity contribution is -0.384. The van der Waals surface area contributed by atoms with Gasteiger partial charge in [-0.15, -0.1) is 0 Å². The Morgan fingerprint density at radius 3 is 2.72 bits per heavy atom. The van der Waals surface area contributed by atoms with Gasteiger partial charge in [0.2, 0.25) is 0 Å². The summed E-state index contributed by atoms with van der Waals surface area (Å²) >= 11 is 5.97. The molecule has 7 nitrogen and oxygen atoms in total. The standard InChI is InChI=1S/C17H19ClN4O3/c1-21(13-5-3-2-4-6-13)11-12(10-19)17(23)20-16-9-14(22(24)25)7-8-15(16)18/h7-9,11,13H,2-6H2,1H3,(H,20,23)/b12-11-. The lowest BCUT2D eigenvalue weighted by Gasteiger charge is -2.30. The van der Waals surface area contributed by atoms with Crippen LogP contribution in [0.2, 0.25) is 5.02 Å². The fourth-order valence-corrected chi connectivity index (χ4v) is 3.01. The van der Waals surface area contributed by atoms with E-state index in [1.807, 2.05) is 18.0 Å². The second-order valence-corrected chi connectivity index (χ2v) is 6.39. The molecule has 1 N–H and O–H groups in total. The smallest absolute Gasteiger partial charge is 0.271 e. The number of benzene rings is 1. The minimum Gasteiger partial charge on any atom is -0.376 e. The van der Waals surface area contributed by atoms with Crippen molar-refractivity contribution in [2.45, 2.75) is 38.1 Å². The molecule has 1 saturated carbocycles. The maximum Gasteiger partial charge on any atom is 0.271 e. The monoisotopic (exact) mass is 362 g/mol. The number of nitrogens with one attached hydrogen (secondary N) is 1. The summed E-state index contributed by atoms with van der Waals surface area (Å²) in [5.74, 6) is -0.646. The van der Waals surface area contributed by atoms with Crippen molar-refractivity contribution in [3.8, 4) is 6.07 Å².